The summed E-state index contributed by atoms with van der Waals surface area (Å²) >= 11 is 0. The van der Waals surface area contributed by atoms with E-state index in [9.17, 15) is 4.79 Å². The minimum absolute atomic E-state index is 0.0788. The van der Waals surface area contributed by atoms with E-state index in [1.165, 1.54) is 5.56 Å². The zero-order chi connectivity index (χ0) is 24.3. The largest absolute Gasteiger partial charge is 0.324 e. The number of anilines is 1. The Kier molecular flexibility index (Phi) is 5.88. The third-order valence-electron chi connectivity index (χ3n) is 6.76. The molecule has 1 saturated heterocycles. The number of rotatable bonds is 4. The summed E-state index contributed by atoms with van der Waals surface area (Å²) in [7, 11) is 0. The number of aromatic nitrogens is 2. The van der Waals surface area contributed by atoms with Crippen LogP contribution >= 0.6 is 0 Å². The second-order valence-electron chi connectivity index (χ2n) is 9.13. The standard InChI is InChI=1S/C31H26N4O/c36-31(35-19-18-25(21-35)22-10-4-1-5-11-22)32-26-16-17-27-28(20-26)34-30(24-14-8-3-9-15-24)29(33-27)23-12-6-2-7-13-23/h1-17,20,25H,18-19,21H2,(H,32,36)/t25-/m1/s1. The Morgan fingerprint density at radius 2 is 1.31 bits per heavy atom. The van der Waals surface area contributed by atoms with Crippen LogP contribution in [-0.2, 0) is 0 Å². The highest BCUT2D eigenvalue weighted by Crippen LogP contribution is 2.32. The van der Waals surface area contributed by atoms with E-state index in [-0.39, 0.29) is 6.03 Å². The van der Waals surface area contributed by atoms with E-state index < -0.39 is 0 Å². The fourth-order valence-corrected chi connectivity index (χ4v) is 4.87. The van der Waals surface area contributed by atoms with Crippen LogP contribution in [0, 0.1) is 0 Å². The molecule has 4 aromatic carbocycles. The molecule has 0 unspecified atom stereocenters. The number of hydrogen-bond acceptors (Lipinski definition) is 3. The predicted molar refractivity (Wildman–Crippen MR) is 145 cm³/mol. The molecule has 6 rings (SSSR count). The summed E-state index contributed by atoms with van der Waals surface area (Å²) in [6.45, 7) is 1.47. The Labute approximate surface area is 210 Å². The summed E-state index contributed by atoms with van der Waals surface area (Å²) in [5.41, 5.74) is 7.23. The first-order valence-electron chi connectivity index (χ1n) is 12.3. The van der Waals surface area contributed by atoms with Gasteiger partial charge in [0.05, 0.1) is 22.4 Å². The van der Waals surface area contributed by atoms with Gasteiger partial charge in [0.25, 0.3) is 0 Å². The first-order valence-corrected chi connectivity index (χ1v) is 12.3. The van der Waals surface area contributed by atoms with Gasteiger partial charge in [-0.25, -0.2) is 14.8 Å². The van der Waals surface area contributed by atoms with Crippen molar-refractivity contribution in [2.45, 2.75) is 12.3 Å². The number of carbonyl (C=O) groups is 1. The number of urea groups is 1. The number of nitrogens with one attached hydrogen (secondary N) is 1. The van der Waals surface area contributed by atoms with E-state index in [1.807, 2.05) is 77.7 Å². The number of benzene rings is 4. The summed E-state index contributed by atoms with van der Waals surface area (Å²) in [4.78, 5) is 24.9. The van der Waals surface area contributed by atoms with Crippen molar-refractivity contribution >= 4 is 22.8 Å². The fraction of sp³-hybridized carbons (Fsp3) is 0.129. The maximum atomic E-state index is 13.0. The number of fused-ring (bicyclic) bond motifs is 1. The van der Waals surface area contributed by atoms with Gasteiger partial charge in [-0.15, -0.1) is 0 Å². The molecule has 0 bridgehead atoms. The highest BCUT2D eigenvalue weighted by molar-refractivity contribution is 5.93. The first-order chi connectivity index (χ1) is 17.7. The van der Waals surface area contributed by atoms with Crippen molar-refractivity contribution in [3.8, 4) is 22.5 Å². The molecule has 1 aliphatic heterocycles. The molecule has 5 heteroatoms. The summed E-state index contributed by atoms with van der Waals surface area (Å²) < 4.78 is 0. The molecule has 0 spiro atoms. The number of likely N-dealkylation sites (tertiary alicyclic amines) is 1. The van der Waals surface area contributed by atoms with Crippen LogP contribution in [0.25, 0.3) is 33.5 Å². The van der Waals surface area contributed by atoms with Crippen molar-refractivity contribution in [1.29, 1.82) is 0 Å². The highest BCUT2D eigenvalue weighted by atomic mass is 16.2. The van der Waals surface area contributed by atoms with Crippen LogP contribution in [0.1, 0.15) is 17.9 Å². The van der Waals surface area contributed by atoms with E-state index in [2.05, 4.69) is 41.7 Å². The Morgan fingerprint density at radius 1 is 0.722 bits per heavy atom. The molecule has 0 radical (unpaired) electrons. The summed E-state index contributed by atoms with van der Waals surface area (Å²) in [6.07, 6.45) is 0.976. The van der Waals surface area contributed by atoms with Gasteiger partial charge in [-0.2, -0.15) is 0 Å². The van der Waals surface area contributed by atoms with Crippen LogP contribution in [0.4, 0.5) is 10.5 Å². The highest BCUT2D eigenvalue weighted by Gasteiger charge is 2.27. The van der Waals surface area contributed by atoms with Crippen LogP contribution in [0.15, 0.2) is 109 Å². The molecule has 2 heterocycles. The van der Waals surface area contributed by atoms with Crippen LogP contribution in [0.2, 0.25) is 0 Å². The molecule has 2 amide bonds. The molecule has 1 atom stereocenters. The molecule has 0 saturated carbocycles. The SMILES string of the molecule is O=C(Nc1ccc2nc(-c3ccccc3)c(-c3ccccc3)nc2c1)N1CC[C@@H](c2ccccc2)C1. The Morgan fingerprint density at radius 3 is 1.94 bits per heavy atom. The first kappa shape index (κ1) is 22.0. The van der Waals surface area contributed by atoms with E-state index in [4.69, 9.17) is 9.97 Å². The molecule has 5 nitrogen and oxygen atoms in total. The molecule has 1 aliphatic rings. The third-order valence-corrected chi connectivity index (χ3v) is 6.76. The summed E-state index contributed by atoms with van der Waals surface area (Å²) in [5, 5.41) is 3.07. The third kappa shape index (κ3) is 4.43. The fourth-order valence-electron chi connectivity index (χ4n) is 4.87. The van der Waals surface area contributed by atoms with Gasteiger partial charge >= 0.3 is 6.03 Å². The molecule has 0 aliphatic carbocycles. The average Bonchev–Trinajstić information content (AvgIpc) is 3.45. The van der Waals surface area contributed by atoms with Gasteiger partial charge in [0.2, 0.25) is 0 Å². The van der Waals surface area contributed by atoms with Crippen molar-refractivity contribution < 1.29 is 4.79 Å². The van der Waals surface area contributed by atoms with E-state index in [0.29, 0.717) is 5.92 Å². The van der Waals surface area contributed by atoms with E-state index in [1.54, 1.807) is 0 Å². The number of carbonyl (C=O) groups excluding carboxylic acids is 1. The van der Waals surface area contributed by atoms with Gasteiger partial charge in [-0.1, -0.05) is 91.0 Å². The van der Waals surface area contributed by atoms with Crippen LogP contribution in [-0.4, -0.2) is 34.0 Å². The van der Waals surface area contributed by atoms with Gasteiger partial charge in [0.1, 0.15) is 0 Å². The van der Waals surface area contributed by atoms with Gasteiger partial charge in [0, 0.05) is 35.8 Å². The molecule has 5 aromatic rings. The lowest BCUT2D eigenvalue weighted by Crippen LogP contribution is -2.32. The van der Waals surface area contributed by atoms with Crippen molar-refractivity contribution in [3.63, 3.8) is 0 Å². The van der Waals surface area contributed by atoms with Crippen molar-refractivity contribution in [3.05, 3.63) is 115 Å². The lowest BCUT2D eigenvalue weighted by atomic mass is 9.99. The van der Waals surface area contributed by atoms with Gasteiger partial charge in [0.15, 0.2) is 0 Å². The van der Waals surface area contributed by atoms with Crippen LogP contribution in [0.5, 0.6) is 0 Å². The molecular formula is C31H26N4O. The molecule has 1 fully saturated rings. The molecule has 176 valence electrons. The van der Waals surface area contributed by atoms with Gasteiger partial charge in [-0.05, 0) is 30.2 Å². The second-order valence-corrected chi connectivity index (χ2v) is 9.13. The van der Waals surface area contributed by atoms with Crippen LogP contribution in [0.3, 0.4) is 0 Å². The Hall–Kier alpha value is -4.51. The summed E-state index contributed by atoms with van der Waals surface area (Å²) in [5.74, 6) is 0.379. The lowest BCUT2D eigenvalue weighted by Gasteiger charge is -2.18. The Bertz CT molecular complexity index is 1500. The van der Waals surface area contributed by atoms with Crippen molar-refractivity contribution in [1.82, 2.24) is 14.9 Å². The normalized spacial score (nSPS) is 15.2. The number of amides is 2. The predicted octanol–water partition coefficient (Wildman–Crippen LogP) is 6.99. The monoisotopic (exact) mass is 470 g/mol. The second kappa shape index (κ2) is 9.62. The van der Waals surface area contributed by atoms with Gasteiger partial charge in [-0.3, -0.25) is 0 Å². The van der Waals surface area contributed by atoms with E-state index >= 15 is 0 Å². The molecular weight excluding hydrogens is 444 g/mol. The maximum absolute atomic E-state index is 13.0. The zero-order valence-corrected chi connectivity index (χ0v) is 19.8. The topological polar surface area (TPSA) is 58.1 Å². The van der Waals surface area contributed by atoms with Gasteiger partial charge < -0.3 is 10.2 Å². The maximum Gasteiger partial charge on any atom is 0.321 e. The minimum Gasteiger partial charge on any atom is -0.324 e. The van der Waals surface area contributed by atoms with Crippen molar-refractivity contribution in [2.24, 2.45) is 0 Å². The zero-order valence-electron chi connectivity index (χ0n) is 19.8. The average molecular weight is 471 g/mol. The smallest absolute Gasteiger partial charge is 0.321 e. The number of hydrogen-bond donors (Lipinski definition) is 1. The lowest BCUT2D eigenvalue weighted by molar-refractivity contribution is 0.222. The van der Waals surface area contributed by atoms with Crippen LogP contribution < -0.4 is 5.32 Å². The minimum atomic E-state index is -0.0788. The van der Waals surface area contributed by atoms with E-state index in [0.717, 1.165) is 58.7 Å². The number of nitrogens with zero attached hydrogens (tertiary/aromatic N) is 3. The van der Waals surface area contributed by atoms with Crippen molar-refractivity contribution in [2.75, 3.05) is 18.4 Å². The quantitative estimate of drug-likeness (QED) is 0.308. The molecule has 36 heavy (non-hydrogen) atoms. The summed E-state index contributed by atoms with van der Waals surface area (Å²) in [6, 6.07) is 36.3. The molecule has 1 aromatic heterocycles. The Balaban J connectivity index is 1.29. The molecule has 1 N–H and O–H groups in total.